The molecule has 0 saturated carbocycles. The molecule has 3 nitrogen and oxygen atoms in total. The number of nitrogens with one attached hydrogen (secondary N) is 1. The van der Waals surface area contributed by atoms with Crippen LogP contribution in [0.4, 0.5) is 48.3 Å². The molecule has 0 unspecified atom stereocenters. The summed E-state index contributed by atoms with van der Waals surface area (Å²) in [5, 5.41) is 4.25. The van der Waals surface area contributed by atoms with Crippen molar-refractivity contribution >= 4 is 0 Å². The fraction of sp³-hybridized carbons (Fsp3) is 0.667. The molecule has 1 N–H and O–H groups in total. The molecule has 1 heterocycles. The van der Waals surface area contributed by atoms with E-state index in [2.05, 4.69) is 9.84 Å². The van der Waals surface area contributed by atoms with Crippen molar-refractivity contribution in [1.29, 1.82) is 0 Å². The molecule has 1 aromatic heterocycles. The maximum absolute atomic E-state index is 13.8. The molecule has 0 aliphatic heterocycles. The predicted molar refractivity (Wildman–Crippen MR) is 49.2 cm³/mol. The van der Waals surface area contributed by atoms with Crippen LogP contribution < -0.4 is 0 Å². The van der Waals surface area contributed by atoms with Crippen LogP contribution in [0.5, 0.6) is 0 Å². The van der Waals surface area contributed by atoms with Gasteiger partial charge in [-0.3, -0.25) is 9.84 Å². The first-order valence-corrected chi connectivity index (χ1v) is 5.26. The van der Waals surface area contributed by atoms with E-state index >= 15 is 0 Å². The lowest BCUT2D eigenvalue weighted by molar-refractivity contribution is -0.488. The Morgan fingerprint density at radius 3 is 1.65 bits per heavy atom. The van der Waals surface area contributed by atoms with Crippen LogP contribution in [0.25, 0.3) is 0 Å². The van der Waals surface area contributed by atoms with Crippen LogP contribution in [-0.2, 0) is 10.6 Å². The number of hydrogen-bond donors (Lipinski definition) is 1. The Bertz CT molecular complexity index is 561. The van der Waals surface area contributed by atoms with Crippen LogP contribution in [0, 0.1) is 6.92 Å². The maximum atomic E-state index is 13.8. The zero-order valence-electron chi connectivity index (χ0n) is 10.6. The van der Waals surface area contributed by atoms with E-state index in [9.17, 15) is 48.3 Å². The second kappa shape index (κ2) is 5.21. The number of hydrogen-bond acceptors (Lipinski definition) is 2. The average molecular weight is 366 g/mol. The Kier molecular flexibility index (Phi) is 4.40. The third-order valence-corrected chi connectivity index (χ3v) is 2.39. The Balaban J connectivity index is 3.38. The van der Waals surface area contributed by atoms with Gasteiger partial charge in [0.1, 0.15) is 5.69 Å². The highest BCUT2D eigenvalue weighted by atomic mass is 19.4. The number of aryl methyl sites for hydroxylation is 1. The van der Waals surface area contributed by atoms with Crippen molar-refractivity contribution in [3.8, 4) is 0 Å². The molecule has 0 saturated heterocycles. The Morgan fingerprint density at radius 2 is 1.35 bits per heavy atom. The smallest absolute Gasteiger partial charge is 0.282 e. The lowest BCUT2D eigenvalue weighted by Crippen LogP contribution is -2.58. The van der Waals surface area contributed by atoms with Crippen LogP contribution >= 0.6 is 0 Å². The van der Waals surface area contributed by atoms with Crippen molar-refractivity contribution in [3.05, 3.63) is 17.5 Å². The normalized spacial score (nSPS) is 17.2. The van der Waals surface area contributed by atoms with Crippen LogP contribution in [-0.4, -0.2) is 34.6 Å². The van der Waals surface area contributed by atoms with Gasteiger partial charge in [-0.05, 0) is 13.0 Å². The molecule has 1 atom stereocenters. The highest BCUT2D eigenvalue weighted by molar-refractivity contribution is 5.15. The van der Waals surface area contributed by atoms with Gasteiger partial charge < -0.3 is 0 Å². The highest BCUT2D eigenvalue weighted by Crippen LogP contribution is 2.53. The summed E-state index contributed by atoms with van der Waals surface area (Å²) < 4.78 is 141. The molecule has 0 aromatic carbocycles. The zero-order chi connectivity index (χ0) is 18.5. The van der Waals surface area contributed by atoms with E-state index in [0.29, 0.717) is 0 Å². The van der Waals surface area contributed by atoms with E-state index in [1.54, 1.807) is 5.10 Å². The van der Waals surface area contributed by atoms with Crippen LogP contribution in [0.15, 0.2) is 6.07 Å². The van der Waals surface area contributed by atoms with Gasteiger partial charge in [0.2, 0.25) is 0 Å². The first-order valence-electron chi connectivity index (χ1n) is 5.26. The summed E-state index contributed by atoms with van der Waals surface area (Å²) in [6.45, 7) is 0.982. The Morgan fingerprint density at radius 1 is 0.870 bits per heavy atom. The van der Waals surface area contributed by atoms with E-state index in [0.717, 1.165) is 6.92 Å². The van der Waals surface area contributed by atoms with Gasteiger partial charge in [0.05, 0.1) is 0 Å². The molecule has 134 valence electrons. The van der Waals surface area contributed by atoms with Crippen molar-refractivity contribution in [3.63, 3.8) is 0 Å². The van der Waals surface area contributed by atoms with E-state index in [4.69, 9.17) is 0 Å². The molecule has 0 spiro atoms. The fourth-order valence-electron chi connectivity index (χ4n) is 1.24. The first kappa shape index (κ1) is 19.4. The minimum atomic E-state index is -7.09. The summed E-state index contributed by atoms with van der Waals surface area (Å²) in [6.07, 6.45) is -20.3. The van der Waals surface area contributed by atoms with Crippen LogP contribution in [0.1, 0.15) is 11.4 Å². The molecule has 0 aliphatic carbocycles. The quantitative estimate of drug-likeness (QED) is 0.811. The lowest BCUT2D eigenvalue weighted by atomic mass is 10.2. The van der Waals surface area contributed by atoms with E-state index in [1.807, 2.05) is 0 Å². The van der Waals surface area contributed by atoms with E-state index in [-0.39, 0.29) is 11.8 Å². The molecule has 23 heavy (non-hydrogen) atoms. The van der Waals surface area contributed by atoms with Gasteiger partial charge in [0, 0.05) is 5.69 Å². The fourth-order valence-corrected chi connectivity index (χ4v) is 1.24. The molecule has 1 rings (SSSR count). The van der Waals surface area contributed by atoms with Gasteiger partial charge in [0.25, 0.3) is 0 Å². The summed E-state index contributed by atoms with van der Waals surface area (Å²) in [6, 6.07) is 0.148. The van der Waals surface area contributed by atoms with Gasteiger partial charge in [0.15, 0.2) is 0 Å². The number of nitrogens with zero attached hydrogens (tertiary/aromatic N) is 1. The third-order valence-electron chi connectivity index (χ3n) is 2.39. The lowest BCUT2D eigenvalue weighted by Gasteiger charge is -2.34. The number of alkyl halides is 11. The number of rotatable bonds is 4. The SMILES string of the molecule is Cc1cc([C@](F)(OC(F)(F)C(F)(F)C(F)(F)F)C(F)(F)F)n[nH]1. The second-order valence-corrected chi connectivity index (χ2v) is 4.22. The Labute approximate surface area is 119 Å². The van der Waals surface area contributed by atoms with Crippen molar-refractivity contribution in [2.24, 2.45) is 0 Å². The monoisotopic (exact) mass is 366 g/mol. The van der Waals surface area contributed by atoms with Gasteiger partial charge in [-0.2, -0.15) is 53.4 Å². The summed E-state index contributed by atoms with van der Waals surface area (Å²) in [5.41, 5.74) is -2.33. The molecule has 0 aliphatic rings. The minimum absolute atomic E-state index is 0.148. The summed E-state index contributed by atoms with van der Waals surface area (Å²) in [4.78, 5) is 0. The van der Waals surface area contributed by atoms with E-state index in [1.165, 1.54) is 0 Å². The standard InChI is InChI=1S/C9H5F11N2O/c1-3-2-4(22-21-3)5(10,7(13,14)15)23-9(19,20)6(11,12)8(16,17)18/h2H,1H3,(H,21,22)/t5-/m0/s1. The minimum Gasteiger partial charge on any atom is -0.282 e. The molecule has 0 bridgehead atoms. The average Bonchev–Trinajstić information content (AvgIpc) is 2.72. The topological polar surface area (TPSA) is 37.9 Å². The van der Waals surface area contributed by atoms with Crippen molar-refractivity contribution in [1.82, 2.24) is 10.2 Å². The Hall–Kier alpha value is -1.60. The largest absolute Gasteiger partial charge is 0.462 e. The maximum Gasteiger partial charge on any atom is 0.462 e. The van der Waals surface area contributed by atoms with Crippen molar-refractivity contribution in [2.75, 3.05) is 0 Å². The molecule has 14 heteroatoms. The second-order valence-electron chi connectivity index (χ2n) is 4.22. The molecular formula is C9H5F11N2O. The number of halogens is 11. The summed E-state index contributed by atoms with van der Waals surface area (Å²) in [7, 11) is 0. The summed E-state index contributed by atoms with van der Waals surface area (Å²) >= 11 is 0. The van der Waals surface area contributed by atoms with E-state index < -0.39 is 35.9 Å². The molecule has 0 amide bonds. The number of H-pyrrole nitrogens is 1. The summed E-state index contributed by atoms with van der Waals surface area (Å²) in [5.74, 6) is -12.8. The highest BCUT2D eigenvalue weighted by Gasteiger charge is 2.78. The predicted octanol–water partition coefficient (Wildman–Crippen LogP) is 4.21. The molecule has 1 aromatic rings. The van der Waals surface area contributed by atoms with Crippen molar-refractivity contribution in [2.45, 2.75) is 37.2 Å². The van der Waals surface area contributed by atoms with Crippen LogP contribution in [0.2, 0.25) is 0 Å². The zero-order valence-corrected chi connectivity index (χ0v) is 10.6. The number of ether oxygens (including phenoxy) is 1. The van der Waals surface area contributed by atoms with Crippen molar-refractivity contribution < 1.29 is 53.0 Å². The number of aromatic nitrogens is 2. The molecule has 0 fully saturated rings. The van der Waals surface area contributed by atoms with Gasteiger partial charge in [-0.15, -0.1) is 0 Å². The number of aromatic amines is 1. The van der Waals surface area contributed by atoms with Gasteiger partial charge in [-0.1, -0.05) is 0 Å². The van der Waals surface area contributed by atoms with Gasteiger partial charge >= 0.3 is 30.2 Å². The first-order chi connectivity index (χ1) is 9.96. The molecular weight excluding hydrogens is 361 g/mol. The third kappa shape index (κ3) is 3.21. The molecule has 0 radical (unpaired) electrons. The van der Waals surface area contributed by atoms with Gasteiger partial charge in [-0.25, -0.2) is 0 Å². The van der Waals surface area contributed by atoms with Crippen LogP contribution in [0.3, 0.4) is 0 Å².